The van der Waals surface area contributed by atoms with Gasteiger partial charge in [-0.2, -0.15) is 4.98 Å². The highest BCUT2D eigenvalue weighted by Crippen LogP contribution is 2.18. The molecular weight excluding hydrogens is 266 g/mol. The Labute approximate surface area is 124 Å². The summed E-state index contributed by atoms with van der Waals surface area (Å²) in [5.74, 6) is 1.24. The molecule has 2 aromatic rings. The van der Waals surface area contributed by atoms with E-state index in [1.54, 1.807) is 0 Å². The van der Waals surface area contributed by atoms with E-state index in [2.05, 4.69) is 34.1 Å². The third-order valence-electron chi connectivity index (χ3n) is 3.93. The number of benzene rings is 1. The van der Waals surface area contributed by atoms with Crippen molar-refractivity contribution in [2.24, 2.45) is 0 Å². The van der Waals surface area contributed by atoms with Gasteiger partial charge in [0.15, 0.2) is 0 Å². The zero-order valence-corrected chi connectivity index (χ0v) is 12.3. The summed E-state index contributed by atoms with van der Waals surface area (Å²) in [6.07, 6.45) is 2.69. The second-order valence-corrected chi connectivity index (χ2v) is 5.59. The van der Waals surface area contributed by atoms with Crippen molar-refractivity contribution >= 4 is 0 Å². The van der Waals surface area contributed by atoms with E-state index in [4.69, 9.17) is 4.52 Å². The highest BCUT2D eigenvalue weighted by atomic mass is 16.5. The molecule has 0 spiro atoms. The molecule has 1 fully saturated rings. The summed E-state index contributed by atoms with van der Waals surface area (Å²) in [6, 6.07) is 8.23. The summed E-state index contributed by atoms with van der Waals surface area (Å²) in [4.78, 5) is 6.61. The van der Waals surface area contributed by atoms with Crippen molar-refractivity contribution in [1.29, 1.82) is 0 Å². The molecule has 0 saturated carbocycles. The number of aromatic nitrogens is 2. The van der Waals surface area contributed by atoms with Crippen LogP contribution in [0.3, 0.4) is 0 Å². The van der Waals surface area contributed by atoms with E-state index >= 15 is 0 Å². The van der Waals surface area contributed by atoms with E-state index in [1.807, 2.05) is 12.1 Å². The van der Waals surface area contributed by atoms with Gasteiger partial charge in [-0.1, -0.05) is 36.3 Å². The lowest BCUT2D eigenvalue weighted by atomic mass is 10.1. The van der Waals surface area contributed by atoms with Gasteiger partial charge in [0.05, 0.1) is 12.6 Å². The van der Waals surface area contributed by atoms with E-state index in [0.717, 1.165) is 31.4 Å². The molecule has 112 valence electrons. The lowest BCUT2D eigenvalue weighted by molar-refractivity contribution is 0.0613. The van der Waals surface area contributed by atoms with E-state index in [1.165, 1.54) is 5.56 Å². The minimum atomic E-state index is -0.234. The molecule has 21 heavy (non-hydrogen) atoms. The third-order valence-corrected chi connectivity index (χ3v) is 3.93. The van der Waals surface area contributed by atoms with Crippen LogP contribution in [0.4, 0.5) is 0 Å². The van der Waals surface area contributed by atoms with Crippen molar-refractivity contribution < 1.29 is 9.63 Å². The van der Waals surface area contributed by atoms with Gasteiger partial charge in [0.25, 0.3) is 0 Å². The fourth-order valence-electron chi connectivity index (χ4n) is 2.69. The molecule has 1 atom stereocenters. The summed E-state index contributed by atoms with van der Waals surface area (Å²) >= 11 is 0. The molecule has 1 aromatic heterocycles. The molecule has 0 bridgehead atoms. The van der Waals surface area contributed by atoms with Gasteiger partial charge < -0.3 is 9.63 Å². The van der Waals surface area contributed by atoms with Crippen molar-refractivity contribution in [3.05, 3.63) is 35.7 Å². The summed E-state index contributed by atoms with van der Waals surface area (Å²) in [6.45, 7) is 4.40. The number of aliphatic hydroxyl groups excluding tert-OH is 1. The lowest BCUT2D eigenvalue weighted by Crippen LogP contribution is -2.37. The minimum absolute atomic E-state index is 0.234. The molecule has 1 aromatic carbocycles. The number of hydrogen-bond acceptors (Lipinski definition) is 5. The van der Waals surface area contributed by atoms with Crippen molar-refractivity contribution in [3.63, 3.8) is 0 Å². The zero-order chi connectivity index (χ0) is 14.7. The van der Waals surface area contributed by atoms with Gasteiger partial charge >= 0.3 is 0 Å². The Morgan fingerprint density at radius 1 is 1.33 bits per heavy atom. The predicted octanol–water partition coefficient (Wildman–Crippen LogP) is 2.26. The molecular formula is C16H21N3O2. The molecule has 2 heterocycles. The molecule has 1 aliphatic heterocycles. The van der Waals surface area contributed by atoms with Crippen LogP contribution in [0.25, 0.3) is 11.4 Å². The van der Waals surface area contributed by atoms with Crippen LogP contribution in [-0.2, 0) is 13.0 Å². The Bertz CT molecular complexity index is 579. The van der Waals surface area contributed by atoms with Crippen LogP contribution in [0, 0.1) is 0 Å². The average Bonchev–Trinajstić information content (AvgIpc) is 2.96. The number of piperidine rings is 1. The SMILES string of the molecule is CCc1ccc(-c2noc(CN3CCC[C@@H](O)C3)n2)cc1. The standard InChI is InChI=1S/C16H21N3O2/c1-2-12-5-7-13(8-6-12)16-17-15(21-18-16)11-19-9-3-4-14(20)10-19/h5-8,14,20H,2-4,9-11H2,1H3/t14-/m1/s1. The second-order valence-electron chi connectivity index (χ2n) is 5.59. The van der Waals surface area contributed by atoms with Gasteiger partial charge in [-0.25, -0.2) is 0 Å². The topological polar surface area (TPSA) is 62.4 Å². The van der Waals surface area contributed by atoms with Crippen LogP contribution in [0.1, 0.15) is 31.2 Å². The minimum Gasteiger partial charge on any atom is -0.392 e. The first-order valence-electron chi connectivity index (χ1n) is 7.57. The first-order chi connectivity index (χ1) is 10.2. The van der Waals surface area contributed by atoms with E-state index in [0.29, 0.717) is 24.8 Å². The molecule has 5 heteroatoms. The first-order valence-corrected chi connectivity index (χ1v) is 7.57. The summed E-state index contributed by atoms with van der Waals surface area (Å²) in [7, 11) is 0. The molecule has 0 aliphatic carbocycles. The Morgan fingerprint density at radius 3 is 2.86 bits per heavy atom. The first kappa shape index (κ1) is 14.2. The summed E-state index contributed by atoms with van der Waals surface area (Å²) < 4.78 is 5.33. The van der Waals surface area contributed by atoms with Crippen molar-refractivity contribution in [2.45, 2.75) is 38.8 Å². The van der Waals surface area contributed by atoms with Crippen molar-refractivity contribution in [2.75, 3.05) is 13.1 Å². The van der Waals surface area contributed by atoms with Gasteiger partial charge in [0.2, 0.25) is 11.7 Å². The van der Waals surface area contributed by atoms with Crippen LogP contribution in [-0.4, -0.2) is 39.3 Å². The molecule has 5 nitrogen and oxygen atoms in total. The number of likely N-dealkylation sites (tertiary alicyclic amines) is 1. The van der Waals surface area contributed by atoms with Gasteiger partial charge in [-0.3, -0.25) is 4.90 Å². The molecule has 0 amide bonds. The number of aliphatic hydroxyl groups is 1. The number of hydrogen-bond donors (Lipinski definition) is 1. The Kier molecular flexibility index (Phi) is 4.31. The number of nitrogens with zero attached hydrogens (tertiary/aromatic N) is 3. The Morgan fingerprint density at radius 2 is 2.14 bits per heavy atom. The number of rotatable bonds is 4. The van der Waals surface area contributed by atoms with Crippen LogP contribution >= 0.6 is 0 Å². The fraction of sp³-hybridized carbons (Fsp3) is 0.500. The highest BCUT2D eigenvalue weighted by Gasteiger charge is 2.20. The van der Waals surface area contributed by atoms with Gasteiger partial charge in [-0.15, -0.1) is 0 Å². The van der Waals surface area contributed by atoms with Crippen LogP contribution in [0.15, 0.2) is 28.8 Å². The van der Waals surface area contributed by atoms with E-state index < -0.39 is 0 Å². The van der Waals surface area contributed by atoms with Crippen LogP contribution in [0.2, 0.25) is 0 Å². The van der Waals surface area contributed by atoms with Gasteiger partial charge in [-0.05, 0) is 31.4 Å². The number of β-amino-alcohol motifs (C(OH)–C–C–N with tert-alkyl or cyclic N) is 1. The fourth-order valence-corrected chi connectivity index (χ4v) is 2.69. The monoisotopic (exact) mass is 287 g/mol. The Hall–Kier alpha value is -1.72. The highest BCUT2D eigenvalue weighted by molar-refractivity contribution is 5.54. The third kappa shape index (κ3) is 3.49. The molecule has 1 N–H and O–H groups in total. The maximum atomic E-state index is 9.68. The maximum Gasteiger partial charge on any atom is 0.241 e. The average molecular weight is 287 g/mol. The molecule has 0 unspecified atom stereocenters. The quantitative estimate of drug-likeness (QED) is 0.934. The molecule has 1 aliphatic rings. The molecule has 3 rings (SSSR count). The van der Waals surface area contributed by atoms with Crippen molar-refractivity contribution in [1.82, 2.24) is 15.0 Å². The number of aryl methyl sites for hydroxylation is 1. The van der Waals surface area contributed by atoms with Gasteiger partial charge in [0, 0.05) is 12.1 Å². The van der Waals surface area contributed by atoms with E-state index in [9.17, 15) is 5.11 Å². The summed E-state index contributed by atoms with van der Waals surface area (Å²) in [5.41, 5.74) is 2.27. The molecule has 0 radical (unpaired) electrons. The second kappa shape index (κ2) is 6.37. The normalized spacial score (nSPS) is 19.8. The predicted molar refractivity (Wildman–Crippen MR) is 79.6 cm³/mol. The zero-order valence-electron chi connectivity index (χ0n) is 12.3. The summed E-state index contributed by atoms with van der Waals surface area (Å²) in [5, 5.41) is 13.7. The maximum absolute atomic E-state index is 9.68. The lowest BCUT2D eigenvalue weighted by Gasteiger charge is -2.28. The van der Waals surface area contributed by atoms with Crippen LogP contribution < -0.4 is 0 Å². The van der Waals surface area contributed by atoms with Crippen LogP contribution in [0.5, 0.6) is 0 Å². The Balaban J connectivity index is 1.67. The molecule has 1 saturated heterocycles. The van der Waals surface area contributed by atoms with E-state index in [-0.39, 0.29) is 6.10 Å². The largest absolute Gasteiger partial charge is 0.392 e. The van der Waals surface area contributed by atoms with Gasteiger partial charge in [0.1, 0.15) is 0 Å². The smallest absolute Gasteiger partial charge is 0.241 e. The van der Waals surface area contributed by atoms with Crippen molar-refractivity contribution in [3.8, 4) is 11.4 Å².